The summed E-state index contributed by atoms with van der Waals surface area (Å²) in [5.74, 6) is -2.79. The summed E-state index contributed by atoms with van der Waals surface area (Å²) in [6.07, 6.45) is 0.836. The van der Waals surface area contributed by atoms with Gasteiger partial charge in [0.15, 0.2) is 0 Å². The van der Waals surface area contributed by atoms with E-state index in [-0.39, 0.29) is 5.91 Å². The predicted octanol–water partition coefficient (Wildman–Crippen LogP) is 6.64. The van der Waals surface area contributed by atoms with Crippen LogP contribution in [0.2, 0.25) is 0 Å². The van der Waals surface area contributed by atoms with Gasteiger partial charge < -0.3 is 20.3 Å². The molecule has 0 fully saturated rings. The number of carboxylic acid groups (broad SMARTS) is 1. The standard InChI is InChI=1S/C28H24N4O.C2HF3O2/c33-28(31-24-14-12-23(13-15-24)30-25-9-6-16-29-18-25)17-22-20-32(19-21-7-2-1-3-8-21)27-11-5-4-10-26(22)27;3-2(4,5)1(6)7/h1-16,18,20,30H,17,19H2,(H,31,33);(H,6,7). The highest BCUT2D eigenvalue weighted by molar-refractivity contribution is 5.96. The average molecular weight is 547 g/mol. The molecule has 5 rings (SSSR count). The van der Waals surface area contributed by atoms with Crippen LogP contribution in [0.25, 0.3) is 10.9 Å². The summed E-state index contributed by atoms with van der Waals surface area (Å²) in [7, 11) is 0. The highest BCUT2D eigenvalue weighted by Crippen LogP contribution is 2.24. The number of nitrogens with one attached hydrogen (secondary N) is 2. The zero-order valence-electron chi connectivity index (χ0n) is 21.1. The molecule has 7 nitrogen and oxygen atoms in total. The van der Waals surface area contributed by atoms with E-state index in [0.29, 0.717) is 6.42 Å². The maximum Gasteiger partial charge on any atom is 0.490 e. The number of benzene rings is 3. The number of aliphatic carboxylic acids is 1. The highest BCUT2D eigenvalue weighted by Gasteiger charge is 2.38. The van der Waals surface area contributed by atoms with Gasteiger partial charge in [0.05, 0.1) is 18.3 Å². The van der Waals surface area contributed by atoms with Gasteiger partial charge in [0, 0.05) is 41.2 Å². The molecule has 0 radical (unpaired) electrons. The number of aromatic nitrogens is 2. The topological polar surface area (TPSA) is 96.3 Å². The molecule has 0 atom stereocenters. The molecule has 0 spiro atoms. The van der Waals surface area contributed by atoms with Gasteiger partial charge in [-0.3, -0.25) is 9.78 Å². The van der Waals surface area contributed by atoms with Crippen LogP contribution in [-0.4, -0.2) is 32.7 Å². The van der Waals surface area contributed by atoms with Crippen LogP contribution in [0.1, 0.15) is 11.1 Å². The van der Waals surface area contributed by atoms with Gasteiger partial charge in [-0.2, -0.15) is 13.2 Å². The molecule has 1 amide bonds. The van der Waals surface area contributed by atoms with Crippen LogP contribution in [0, 0.1) is 0 Å². The Bertz CT molecular complexity index is 1570. The summed E-state index contributed by atoms with van der Waals surface area (Å²) in [5, 5.41) is 14.5. The molecule has 5 aromatic rings. The van der Waals surface area contributed by atoms with Crippen molar-refractivity contribution >= 4 is 39.8 Å². The van der Waals surface area contributed by atoms with E-state index in [1.807, 2.05) is 66.7 Å². The number of carbonyl (C=O) groups is 2. The third kappa shape index (κ3) is 7.70. The Hall–Kier alpha value is -5.12. The number of carbonyl (C=O) groups excluding carboxylic acids is 1. The van der Waals surface area contributed by atoms with Crippen molar-refractivity contribution in [2.24, 2.45) is 0 Å². The lowest BCUT2D eigenvalue weighted by Gasteiger charge is -2.08. The Balaban J connectivity index is 0.000000470. The van der Waals surface area contributed by atoms with Gasteiger partial charge in [-0.25, -0.2) is 4.79 Å². The minimum absolute atomic E-state index is 0.0365. The number of pyridine rings is 1. The minimum Gasteiger partial charge on any atom is -0.475 e. The largest absolute Gasteiger partial charge is 0.490 e. The summed E-state index contributed by atoms with van der Waals surface area (Å²) in [6.45, 7) is 0.772. The Morgan fingerprint density at radius 2 is 1.48 bits per heavy atom. The molecule has 0 unspecified atom stereocenters. The van der Waals surface area contributed by atoms with Gasteiger partial charge in [0.25, 0.3) is 0 Å². The van der Waals surface area contributed by atoms with Gasteiger partial charge in [0.2, 0.25) is 5.91 Å². The second-order valence-electron chi connectivity index (χ2n) is 8.76. The lowest BCUT2D eigenvalue weighted by Crippen LogP contribution is -2.21. The lowest BCUT2D eigenvalue weighted by molar-refractivity contribution is -0.192. The fourth-order valence-corrected chi connectivity index (χ4v) is 3.99. The van der Waals surface area contributed by atoms with E-state index in [1.54, 1.807) is 12.4 Å². The Kier molecular flexibility index (Phi) is 8.80. The zero-order chi connectivity index (χ0) is 28.5. The Labute approximate surface area is 227 Å². The predicted molar refractivity (Wildman–Crippen MR) is 147 cm³/mol. The van der Waals surface area contributed by atoms with E-state index >= 15 is 0 Å². The van der Waals surface area contributed by atoms with Crippen LogP contribution in [0.5, 0.6) is 0 Å². The highest BCUT2D eigenvalue weighted by atomic mass is 19.4. The molecule has 2 heterocycles. The quantitative estimate of drug-likeness (QED) is 0.213. The first-order valence-electron chi connectivity index (χ1n) is 12.2. The molecule has 40 heavy (non-hydrogen) atoms. The summed E-state index contributed by atoms with van der Waals surface area (Å²) in [4.78, 5) is 25.8. The lowest BCUT2D eigenvalue weighted by atomic mass is 10.1. The van der Waals surface area contributed by atoms with E-state index < -0.39 is 12.1 Å². The maximum atomic E-state index is 12.8. The zero-order valence-corrected chi connectivity index (χ0v) is 21.1. The first kappa shape index (κ1) is 27.9. The van der Waals surface area contributed by atoms with Crippen molar-refractivity contribution in [1.82, 2.24) is 9.55 Å². The van der Waals surface area contributed by atoms with Crippen LogP contribution in [0.15, 0.2) is 110 Å². The second kappa shape index (κ2) is 12.6. The fourth-order valence-electron chi connectivity index (χ4n) is 3.99. The van der Waals surface area contributed by atoms with Crippen molar-refractivity contribution in [3.8, 4) is 0 Å². The number of amides is 1. The first-order chi connectivity index (χ1) is 19.2. The summed E-state index contributed by atoms with van der Waals surface area (Å²) in [6, 6.07) is 30.1. The normalized spacial score (nSPS) is 10.9. The molecule has 0 aliphatic heterocycles. The van der Waals surface area contributed by atoms with Gasteiger partial charge in [-0.05, 0) is 53.6 Å². The fraction of sp³-hybridized carbons (Fsp3) is 0.100. The van der Waals surface area contributed by atoms with Crippen LogP contribution >= 0.6 is 0 Å². The summed E-state index contributed by atoms with van der Waals surface area (Å²) >= 11 is 0. The number of hydrogen-bond donors (Lipinski definition) is 3. The number of halogens is 3. The number of fused-ring (bicyclic) bond motifs is 1. The van der Waals surface area contributed by atoms with Crippen molar-refractivity contribution in [1.29, 1.82) is 0 Å². The molecule has 0 saturated heterocycles. The SMILES string of the molecule is O=C(Cc1cn(Cc2ccccc2)c2ccccc12)Nc1ccc(Nc2cccnc2)cc1.O=C(O)C(F)(F)F. The molecule has 2 aromatic heterocycles. The van der Waals surface area contributed by atoms with Crippen LogP contribution in [0.4, 0.5) is 30.2 Å². The maximum absolute atomic E-state index is 12.8. The molecular weight excluding hydrogens is 521 g/mol. The van der Waals surface area contributed by atoms with E-state index in [4.69, 9.17) is 9.90 Å². The number of rotatable bonds is 7. The third-order valence-electron chi connectivity index (χ3n) is 5.78. The Morgan fingerprint density at radius 1 is 0.825 bits per heavy atom. The average Bonchev–Trinajstić information content (AvgIpc) is 3.27. The molecule has 0 saturated carbocycles. The number of nitrogens with zero attached hydrogens (tertiary/aromatic N) is 2. The van der Waals surface area contributed by atoms with Gasteiger partial charge in [-0.15, -0.1) is 0 Å². The van der Waals surface area contributed by atoms with Gasteiger partial charge in [0.1, 0.15) is 0 Å². The first-order valence-corrected chi connectivity index (χ1v) is 12.2. The molecule has 0 aliphatic rings. The minimum atomic E-state index is -5.08. The van der Waals surface area contributed by atoms with Crippen molar-refractivity contribution < 1.29 is 27.9 Å². The van der Waals surface area contributed by atoms with Crippen molar-refractivity contribution in [3.63, 3.8) is 0 Å². The molecule has 0 aliphatic carbocycles. The number of hydrogen-bond acceptors (Lipinski definition) is 4. The van der Waals surface area contributed by atoms with Crippen molar-refractivity contribution in [3.05, 3.63) is 121 Å². The van der Waals surface area contributed by atoms with E-state index in [9.17, 15) is 18.0 Å². The number of para-hydroxylation sites is 1. The summed E-state index contributed by atoms with van der Waals surface area (Å²) in [5.41, 5.74) is 6.01. The van der Waals surface area contributed by atoms with Crippen molar-refractivity contribution in [2.75, 3.05) is 10.6 Å². The monoisotopic (exact) mass is 546 g/mol. The van der Waals surface area contributed by atoms with Crippen molar-refractivity contribution in [2.45, 2.75) is 19.1 Å². The smallest absolute Gasteiger partial charge is 0.475 e. The molecule has 0 bridgehead atoms. The molecule has 204 valence electrons. The summed E-state index contributed by atoms with van der Waals surface area (Å²) < 4.78 is 34.0. The molecular formula is C30H25F3N4O3. The van der Waals surface area contributed by atoms with Crippen LogP contribution < -0.4 is 10.6 Å². The number of anilines is 3. The van der Waals surface area contributed by atoms with Crippen LogP contribution in [-0.2, 0) is 22.6 Å². The number of alkyl halides is 3. The molecule has 3 aromatic carbocycles. The molecule has 3 N–H and O–H groups in total. The third-order valence-corrected chi connectivity index (χ3v) is 5.78. The van der Waals surface area contributed by atoms with Gasteiger partial charge >= 0.3 is 12.1 Å². The Morgan fingerprint density at radius 3 is 2.12 bits per heavy atom. The van der Waals surface area contributed by atoms with E-state index in [0.717, 1.165) is 40.1 Å². The number of carboxylic acids is 1. The molecule has 10 heteroatoms. The van der Waals surface area contributed by atoms with Gasteiger partial charge in [-0.1, -0.05) is 48.5 Å². The van der Waals surface area contributed by atoms with Crippen LogP contribution in [0.3, 0.4) is 0 Å². The van der Waals surface area contributed by atoms with E-state index in [2.05, 4.69) is 50.6 Å². The van der Waals surface area contributed by atoms with E-state index in [1.165, 1.54) is 5.56 Å². The second-order valence-corrected chi connectivity index (χ2v) is 8.76.